The number of anilines is 1. The zero-order valence-corrected chi connectivity index (χ0v) is 11.7. The van der Waals surface area contributed by atoms with Gasteiger partial charge in [0.2, 0.25) is 0 Å². The second-order valence-corrected chi connectivity index (χ2v) is 5.18. The predicted molar refractivity (Wildman–Crippen MR) is 77.9 cm³/mol. The Kier molecular flexibility index (Phi) is 4.73. The second kappa shape index (κ2) is 6.52. The molecule has 0 atom stereocenters. The van der Waals surface area contributed by atoms with Crippen LogP contribution in [0.15, 0.2) is 35.7 Å². The molecule has 4 heteroatoms. The molecule has 2 aromatic rings. The fourth-order valence-electron chi connectivity index (χ4n) is 1.84. The summed E-state index contributed by atoms with van der Waals surface area (Å²) in [6.07, 6.45) is 0. The lowest BCUT2D eigenvalue weighted by Gasteiger charge is -2.19. The quantitative estimate of drug-likeness (QED) is 0.865. The van der Waals surface area contributed by atoms with Crippen molar-refractivity contribution in [2.75, 3.05) is 18.9 Å². The first-order chi connectivity index (χ1) is 8.81. The Balaban J connectivity index is 2.00. The van der Waals surface area contributed by atoms with Crippen molar-refractivity contribution in [3.63, 3.8) is 0 Å². The van der Waals surface area contributed by atoms with Crippen LogP contribution in [0.25, 0.3) is 0 Å². The van der Waals surface area contributed by atoms with Crippen LogP contribution in [0, 0.1) is 0 Å². The maximum atomic E-state index is 4.56. The molecule has 0 aliphatic rings. The van der Waals surface area contributed by atoms with Crippen LogP contribution < -0.4 is 5.32 Å². The van der Waals surface area contributed by atoms with Crippen molar-refractivity contribution in [3.8, 4) is 0 Å². The van der Waals surface area contributed by atoms with Gasteiger partial charge in [0.1, 0.15) is 5.82 Å². The molecule has 0 radical (unpaired) electrons. The van der Waals surface area contributed by atoms with Gasteiger partial charge in [-0.25, -0.2) is 4.98 Å². The molecule has 0 aliphatic heterocycles. The number of nitrogens with one attached hydrogen (secondary N) is 1. The molecule has 96 valence electrons. The van der Waals surface area contributed by atoms with Crippen LogP contribution in [0.2, 0.25) is 0 Å². The van der Waals surface area contributed by atoms with Crippen molar-refractivity contribution in [1.82, 2.24) is 9.88 Å². The Labute approximate surface area is 112 Å². The van der Waals surface area contributed by atoms with Gasteiger partial charge in [-0.3, -0.25) is 4.90 Å². The van der Waals surface area contributed by atoms with Gasteiger partial charge < -0.3 is 5.32 Å². The third-order valence-electron chi connectivity index (χ3n) is 2.86. The topological polar surface area (TPSA) is 28.2 Å². The van der Waals surface area contributed by atoms with Crippen molar-refractivity contribution in [3.05, 3.63) is 46.3 Å². The number of aromatic nitrogens is 1. The average molecular weight is 261 g/mol. The van der Waals surface area contributed by atoms with Crippen molar-refractivity contribution in [1.29, 1.82) is 0 Å². The minimum atomic E-state index is 0.893. The highest BCUT2D eigenvalue weighted by atomic mass is 32.1. The zero-order chi connectivity index (χ0) is 12.8. The summed E-state index contributed by atoms with van der Waals surface area (Å²) in [6, 6.07) is 10.4. The fourth-order valence-corrected chi connectivity index (χ4v) is 2.58. The summed E-state index contributed by atoms with van der Waals surface area (Å²) in [5.74, 6) is 0.930. The van der Waals surface area contributed by atoms with Crippen LogP contribution in [-0.4, -0.2) is 23.5 Å². The van der Waals surface area contributed by atoms with Crippen molar-refractivity contribution in [2.45, 2.75) is 20.0 Å². The molecule has 0 saturated heterocycles. The molecule has 2 rings (SSSR count). The summed E-state index contributed by atoms with van der Waals surface area (Å²) in [7, 11) is 1.90. The molecule has 18 heavy (non-hydrogen) atoms. The number of hydrogen-bond donors (Lipinski definition) is 1. The second-order valence-electron chi connectivity index (χ2n) is 4.15. The lowest BCUT2D eigenvalue weighted by Crippen LogP contribution is -2.22. The Bertz CT molecular complexity index is 468. The van der Waals surface area contributed by atoms with Gasteiger partial charge in [-0.15, -0.1) is 11.3 Å². The third kappa shape index (κ3) is 3.55. The molecule has 0 saturated carbocycles. The van der Waals surface area contributed by atoms with E-state index in [1.54, 1.807) is 0 Å². The van der Waals surface area contributed by atoms with Crippen LogP contribution in [0.1, 0.15) is 17.5 Å². The molecule has 0 aliphatic carbocycles. The van der Waals surface area contributed by atoms with E-state index in [0.717, 1.165) is 31.1 Å². The van der Waals surface area contributed by atoms with E-state index < -0.39 is 0 Å². The molecular weight excluding hydrogens is 242 g/mol. The van der Waals surface area contributed by atoms with E-state index in [-0.39, 0.29) is 0 Å². The van der Waals surface area contributed by atoms with E-state index in [0.29, 0.717) is 0 Å². The number of rotatable bonds is 6. The molecule has 0 amide bonds. The first kappa shape index (κ1) is 13.1. The van der Waals surface area contributed by atoms with E-state index in [4.69, 9.17) is 0 Å². The SMILES string of the molecule is CCN(Cc1cccc(NC)n1)Cc1cccs1. The van der Waals surface area contributed by atoms with Gasteiger partial charge in [-0.05, 0) is 30.1 Å². The van der Waals surface area contributed by atoms with Gasteiger partial charge in [-0.2, -0.15) is 0 Å². The first-order valence-electron chi connectivity index (χ1n) is 6.20. The van der Waals surface area contributed by atoms with Crippen LogP contribution in [0.4, 0.5) is 5.82 Å². The van der Waals surface area contributed by atoms with E-state index in [2.05, 4.69) is 45.7 Å². The molecular formula is C14H19N3S. The maximum Gasteiger partial charge on any atom is 0.126 e. The van der Waals surface area contributed by atoms with Gasteiger partial charge in [0.05, 0.1) is 5.69 Å². The van der Waals surface area contributed by atoms with Crippen LogP contribution >= 0.6 is 11.3 Å². The smallest absolute Gasteiger partial charge is 0.126 e. The standard InChI is InChI=1S/C14H19N3S/c1-3-17(11-13-7-5-9-18-13)10-12-6-4-8-14(15-2)16-12/h4-9H,3,10-11H2,1-2H3,(H,15,16). The number of hydrogen-bond acceptors (Lipinski definition) is 4. The molecule has 0 spiro atoms. The van der Waals surface area contributed by atoms with Gasteiger partial charge in [0.15, 0.2) is 0 Å². The summed E-state index contributed by atoms with van der Waals surface area (Å²) < 4.78 is 0. The molecule has 0 unspecified atom stereocenters. The fraction of sp³-hybridized carbons (Fsp3) is 0.357. The van der Waals surface area contributed by atoms with Crippen LogP contribution in [0.5, 0.6) is 0 Å². The van der Waals surface area contributed by atoms with E-state index >= 15 is 0 Å². The predicted octanol–water partition coefficient (Wildman–Crippen LogP) is 3.21. The van der Waals surface area contributed by atoms with Gasteiger partial charge in [0.25, 0.3) is 0 Å². The Morgan fingerprint density at radius 3 is 2.78 bits per heavy atom. The lowest BCUT2D eigenvalue weighted by atomic mass is 10.3. The number of pyridine rings is 1. The summed E-state index contributed by atoms with van der Waals surface area (Å²) in [6.45, 7) is 5.11. The van der Waals surface area contributed by atoms with E-state index in [1.165, 1.54) is 4.88 Å². The molecule has 1 N–H and O–H groups in total. The molecule has 2 heterocycles. The van der Waals surface area contributed by atoms with Crippen molar-refractivity contribution in [2.24, 2.45) is 0 Å². The summed E-state index contributed by atoms with van der Waals surface area (Å²) in [4.78, 5) is 8.36. The lowest BCUT2D eigenvalue weighted by molar-refractivity contribution is 0.270. The molecule has 2 aromatic heterocycles. The van der Waals surface area contributed by atoms with E-state index in [9.17, 15) is 0 Å². The third-order valence-corrected chi connectivity index (χ3v) is 3.72. The van der Waals surface area contributed by atoms with Gasteiger partial charge in [-0.1, -0.05) is 19.1 Å². The highest BCUT2D eigenvalue weighted by Crippen LogP contribution is 2.14. The summed E-state index contributed by atoms with van der Waals surface area (Å²) in [5.41, 5.74) is 1.11. The minimum Gasteiger partial charge on any atom is -0.373 e. The van der Waals surface area contributed by atoms with Crippen LogP contribution in [-0.2, 0) is 13.1 Å². The Hall–Kier alpha value is -1.39. The van der Waals surface area contributed by atoms with Crippen LogP contribution in [0.3, 0.4) is 0 Å². The monoisotopic (exact) mass is 261 g/mol. The molecule has 0 fully saturated rings. The normalized spacial score (nSPS) is 10.8. The van der Waals surface area contributed by atoms with Crippen molar-refractivity contribution < 1.29 is 0 Å². The largest absolute Gasteiger partial charge is 0.373 e. The number of nitrogens with zero attached hydrogens (tertiary/aromatic N) is 2. The molecule has 0 bridgehead atoms. The highest BCUT2D eigenvalue weighted by molar-refractivity contribution is 7.09. The summed E-state index contributed by atoms with van der Waals surface area (Å²) in [5, 5.41) is 5.20. The first-order valence-corrected chi connectivity index (χ1v) is 7.08. The van der Waals surface area contributed by atoms with Crippen molar-refractivity contribution >= 4 is 17.2 Å². The van der Waals surface area contributed by atoms with Gasteiger partial charge >= 0.3 is 0 Å². The van der Waals surface area contributed by atoms with Gasteiger partial charge in [0, 0.05) is 25.0 Å². The Morgan fingerprint density at radius 1 is 1.22 bits per heavy atom. The minimum absolute atomic E-state index is 0.893. The number of thiophene rings is 1. The zero-order valence-electron chi connectivity index (χ0n) is 10.9. The average Bonchev–Trinajstić information content (AvgIpc) is 2.91. The molecule has 0 aromatic carbocycles. The summed E-state index contributed by atoms with van der Waals surface area (Å²) >= 11 is 1.81. The van der Waals surface area contributed by atoms with E-state index in [1.807, 2.05) is 30.5 Å². The molecule has 3 nitrogen and oxygen atoms in total. The highest BCUT2D eigenvalue weighted by Gasteiger charge is 2.06. The maximum absolute atomic E-state index is 4.56. The Morgan fingerprint density at radius 2 is 2.11 bits per heavy atom.